The number of unbranched alkanes of at least 4 members (excludes halogenated alkanes) is 3. The van der Waals surface area contributed by atoms with Gasteiger partial charge in [-0.3, -0.25) is 0 Å². The Labute approximate surface area is 124 Å². The fourth-order valence-corrected chi connectivity index (χ4v) is 2.17. The third kappa shape index (κ3) is 8.34. The lowest BCUT2D eigenvalue weighted by Gasteiger charge is -2.25. The molecule has 0 aromatic heterocycles. The van der Waals surface area contributed by atoms with Gasteiger partial charge in [0.1, 0.15) is 0 Å². The summed E-state index contributed by atoms with van der Waals surface area (Å²) in [6.07, 6.45) is 5.10. The first-order valence-electron chi connectivity index (χ1n) is 7.96. The molecule has 1 N–H and O–H groups in total. The predicted molar refractivity (Wildman–Crippen MR) is 86.9 cm³/mol. The van der Waals surface area contributed by atoms with Crippen LogP contribution in [0.1, 0.15) is 52.0 Å². The van der Waals surface area contributed by atoms with Crippen molar-refractivity contribution in [1.82, 2.24) is 5.32 Å². The lowest BCUT2D eigenvalue weighted by Crippen LogP contribution is -2.33. The van der Waals surface area contributed by atoms with E-state index in [2.05, 4.69) is 56.4 Å². The van der Waals surface area contributed by atoms with Crippen LogP contribution in [0.5, 0.6) is 0 Å². The summed E-state index contributed by atoms with van der Waals surface area (Å²) >= 11 is 0. The minimum Gasteiger partial charge on any atom is -0.381 e. The fraction of sp³-hybridized carbons (Fsp3) is 0.667. The molecule has 20 heavy (non-hydrogen) atoms. The number of hydrogen-bond acceptors (Lipinski definition) is 2. The van der Waals surface area contributed by atoms with Gasteiger partial charge in [-0.05, 0) is 12.0 Å². The summed E-state index contributed by atoms with van der Waals surface area (Å²) in [5.74, 6) is 0. The molecule has 0 heterocycles. The highest BCUT2D eigenvalue weighted by atomic mass is 16.5. The van der Waals surface area contributed by atoms with Crippen molar-refractivity contribution in [3.63, 3.8) is 0 Å². The minimum absolute atomic E-state index is 0.194. The maximum Gasteiger partial charge on any atom is 0.0529 e. The second kappa shape index (κ2) is 9.95. The Bertz CT molecular complexity index is 335. The van der Waals surface area contributed by atoms with E-state index in [1.165, 1.54) is 31.2 Å². The predicted octanol–water partition coefficient (Wildman–Crippen LogP) is 4.40. The van der Waals surface area contributed by atoms with E-state index in [4.69, 9.17) is 4.74 Å². The summed E-state index contributed by atoms with van der Waals surface area (Å²) in [7, 11) is 0. The number of ether oxygens (including phenoxy) is 1. The van der Waals surface area contributed by atoms with E-state index in [0.717, 1.165) is 26.3 Å². The van der Waals surface area contributed by atoms with Crippen molar-refractivity contribution in [2.45, 2.75) is 53.0 Å². The molecule has 0 aliphatic carbocycles. The number of benzene rings is 1. The molecule has 0 radical (unpaired) electrons. The second-order valence-electron chi connectivity index (χ2n) is 6.37. The molecule has 1 rings (SSSR count). The van der Waals surface area contributed by atoms with Crippen LogP contribution in [0, 0.1) is 5.41 Å². The average molecular weight is 277 g/mol. The number of nitrogens with one attached hydrogen (secondary N) is 1. The Balaban J connectivity index is 2.08. The summed E-state index contributed by atoms with van der Waals surface area (Å²) in [6, 6.07) is 10.5. The van der Waals surface area contributed by atoms with Gasteiger partial charge in [0, 0.05) is 25.1 Å². The number of hydrogen-bond donors (Lipinski definition) is 1. The van der Waals surface area contributed by atoms with Gasteiger partial charge in [0.2, 0.25) is 0 Å². The van der Waals surface area contributed by atoms with Crippen LogP contribution in [0.4, 0.5) is 0 Å². The van der Waals surface area contributed by atoms with Crippen molar-refractivity contribution < 1.29 is 4.74 Å². The molecule has 0 unspecified atom stereocenters. The Kier molecular flexibility index (Phi) is 8.56. The summed E-state index contributed by atoms with van der Waals surface area (Å²) in [5.41, 5.74) is 1.53. The first-order valence-corrected chi connectivity index (χ1v) is 7.96. The normalized spacial score (nSPS) is 11.8. The lowest BCUT2D eigenvalue weighted by atomic mass is 9.95. The zero-order valence-electron chi connectivity index (χ0n) is 13.5. The monoisotopic (exact) mass is 277 g/mol. The molecule has 0 amide bonds. The highest BCUT2D eigenvalue weighted by Gasteiger charge is 2.17. The van der Waals surface area contributed by atoms with Crippen molar-refractivity contribution in [1.29, 1.82) is 0 Å². The van der Waals surface area contributed by atoms with Crippen LogP contribution in [-0.4, -0.2) is 19.8 Å². The largest absolute Gasteiger partial charge is 0.381 e. The topological polar surface area (TPSA) is 21.3 Å². The van der Waals surface area contributed by atoms with Gasteiger partial charge in [-0.25, -0.2) is 0 Å². The summed E-state index contributed by atoms with van der Waals surface area (Å²) in [5, 5.41) is 3.52. The molecule has 1 aromatic rings. The molecule has 0 bridgehead atoms. The van der Waals surface area contributed by atoms with Gasteiger partial charge in [0.15, 0.2) is 0 Å². The Morgan fingerprint density at radius 2 is 1.80 bits per heavy atom. The van der Waals surface area contributed by atoms with E-state index < -0.39 is 0 Å². The molecule has 0 spiro atoms. The van der Waals surface area contributed by atoms with Gasteiger partial charge in [-0.1, -0.05) is 70.4 Å². The Morgan fingerprint density at radius 3 is 2.50 bits per heavy atom. The van der Waals surface area contributed by atoms with Gasteiger partial charge in [0.25, 0.3) is 0 Å². The van der Waals surface area contributed by atoms with E-state index in [1.807, 2.05) is 0 Å². The van der Waals surface area contributed by atoms with Crippen LogP contribution in [0.25, 0.3) is 0 Å². The summed E-state index contributed by atoms with van der Waals surface area (Å²) in [6.45, 7) is 10.4. The highest BCUT2D eigenvalue weighted by Crippen LogP contribution is 2.14. The smallest absolute Gasteiger partial charge is 0.0529 e. The quantitative estimate of drug-likeness (QED) is 0.605. The van der Waals surface area contributed by atoms with Crippen molar-refractivity contribution in [2.75, 3.05) is 19.8 Å². The van der Waals surface area contributed by atoms with Crippen LogP contribution in [0.2, 0.25) is 0 Å². The third-order valence-corrected chi connectivity index (χ3v) is 3.41. The standard InChI is InChI=1S/C18H31NO/c1-4-5-6-10-13-20-16-18(2,3)15-19-14-17-11-8-7-9-12-17/h7-9,11-12,19H,4-6,10,13-16H2,1-3H3. The minimum atomic E-state index is 0.194. The number of rotatable bonds is 11. The fourth-order valence-electron chi connectivity index (χ4n) is 2.17. The van der Waals surface area contributed by atoms with Crippen molar-refractivity contribution in [2.24, 2.45) is 5.41 Å². The van der Waals surface area contributed by atoms with Crippen molar-refractivity contribution in [3.8, 4) is 0 Å². The van der Waals surface area contributed by atoms with E-state index >= 15 is 0 Å². The van der Waals surface area contributed by atoms with E-state index in [9.17, 15) is 0 Å². The second-order valence-corrected chi connectivity index (χ2v) is 6.37. The zero-order chi connectivity index (χ0) is 14.7. The van der Waals surface area contributed by atoms with E-state index in [1.54, 1.807) is 0 Å². The van der Waals surface area contributed by atoms with Gasteiger partial charge in [0.05, 0.1) is 6.61 Å². The molecule has 1 aromatic carbocycles. The Morgan fingerprint density at radius 1 is 1.05 bits per heavy atom. The van der Waals surface area contributed by atoms with Gasteiger partial charge >= 0.3 is 0 Å². The van der Waals surface area contributed by atoms with Crippen LogP contribution in [0.15, 0.2) is 30.3 Å². The third-order valence-electron chi connectivity index (χ3n) is 3.41. The van der Waals surface area contributed by atoms with Crippen LogP contribution >= 0.6 is 0 Å². The molecule has 0 saturated heterocycles. The van der Waals surface area contributed by atoms with Crippen molar-refractivity contribution in [3.05, 3.63) is 35.9 Å². The molecule has 0 aliphatic heterocycles. The molecule has 2 heteroatoms. The first-order chi connectivity index (χ1) is 9.64. The molecular weight excluding hydrogens is 246 g/mol. The van der Waals surface area contributed by atoms with Gasteiger partial charge in [-0.15, -0.1) is 0 Å². The summed E-state index contributed by atoms with van der Waals surface area (Å²) < 4.78 is 5.81. The zero-order valence-corrected chi connectivity index (χ0v) is 13.5. The summed E-state index contributed by atoms with van der Waals surface area (Å²) in [4.78, 5) is 0. The van der Waals surface area contributed by atoms with Crippen LogP contribution in [0.3, 0.4) is 0 Å². The molecule has 114 valence electrons. The molecule has 0 aliphatic rings. The van der Waals surface area contributed by atoms with Crippen molar-refractivity contribution >= 4 is 0 Å². The molecule has 0 saturated carbocycles. The highest BCUT2D eigenvalue weighted by molar-refractivity contribution is 5.14. The average Bonchev–Trinajstić information content (AvgIpc) is 2.44. The van der Waals surface area contributed by atoms with Gasteiger partial charge in [-0.2, -0.15) is 0 Å². The SMILES string of the molecule is CCCCCCOCC(C)(C)CNCc1ccccc1. The van der Waals surface area contributed by atoms with Gasteiger partial charge < -0.3 is 10.1 Å². The lowest BCUT2D eigenvalue weighted by molar-refractivity contribution is 0.0595. The van der Waals surface area contributed by atoms with Crippen LogP contribution < -0.4 is 5.32 Å². The molecule has 0 fully saturated rings. The van der Waals surface area contributed by atoms with E-state index in [-0.39, 0.29) is 5.41 Å². The maximum atomic E-state index is 5.81. The Hall–Kier alpha value is -0.860. The molecule has 2 nitrogen and oxygen atoms in total. The maximum absolute atomic E-state index is 5.81. The molecule has 0 atom stereocenters. The van der Waals surface area contributed by atoms with E-state index in [0.29, 0.717) is 0 Å². The van der Waals surface area contributed by atoms with Crippen LogP contribution in [-0.2, 0) is 11.3 Å². The first kappa shape index (κ1) is 17.2. The molecular formula is C18H31NO.